The zero-order chi connectivity index (χ0) is 12.6. The molecule has 0 aliphatic carbocycles. The van der Waals surface area contributed by atoms with Crippen LogP contribution in [0.2, 0.25) is 0 Å². The Labute approximate surface area is 97.9 Å². The van der Waals surface area contributed by atoms with E-state index in [0.717, 1.165) is 5.41 Å². The minimum atomic E-state index is -3.64. The number of aliphatic carboxylic acids is 1. The van der Waals surface area contributed by atoms with E-state index in [2.05, 4.69) is 0 Å². The molecule has 1 aliphatic heterocycles. The van der Waals surface area contributed by atoms with E-state index in [4.69, 9.17) is 5.11 Å². The minimum absolute atomic E-state index is 0.125. The predicted octanol–water partition coefficient (Wildman–Crippen LogP) is 1.39. The second kappa shape index (κ2) is 3.89. The van der Waals surface area contributed by atoms with Crippen molar-refractivity contribution in [2.75, 3.05) is 0 Å². The van der Waals surface area contributed by atoms with Crippen LogP contribution in [0.15, 0.2) is 28.5 Å². The number of carboxylic acids is 1. The van der Waals surface area contributed by atoms with Crippen molar-refractivity contribution in [2.24, 2.45) is 0 Å². The summed E-state index contributed by atoms with van der Waals surface area (Å²) < 4.78 is 23.5. The Balaban J connectivity index is 2.47. The SMILES string of the molecule is O=C(O)CCC1=CS(=O)(=O)c2c(O)cccc21. The molecule has 0 amide bonds. The fraction of sp³-hybridized carbons (Fsp3) is 0.182. The number of aromatic hydroxyl groups is 1. The number of fused-ring (bicyclic) bond motifs is 1. The van der Waals surface area contributed by atoms with Gasteiger partial charge in [-0.3, -0.25) is 4.79 Å². The summed E-state index contributed by atoms with van der Waals surface area (Å²) >= 11 is 0. The van der Waals surface area contributed by atoms with E-state index in [0.29, 0.717) is 11.1 Å². The van der Waals surface area contributed by atoms with Crippen LogP contribution in [0, 0.1) is 0 Å². The van der Waals surface area contributed by atoms with Crippen LogP contribution in [0.4, 0.5) is 0 Å². The van der Waals surface area contributed by atoms with Gasteiger partial charge in [-0.25, -0.2) is 8.42 Å². The van der Waals surface area contributed by atoms with Crippen LogP contribution in [0.3, 0.4) is 0 Å². The number of hydrogen-bond acceptors (Lipinski definition) is 4. The van der Waals surface area contributed by atoms with E-state index in [-0.39, 0.29) is 23.5 Å². The number of rotatable bonds is 3. The third-order valence-electron chi connectivity index (χ3n) is 2.53. The second-order valence-electron chi connectivity index (χ2n) is 3.74. The van der Waals surface area contributed by atoms with Crippen LogP contribution < -0.4 is 0 Å². The lowest BCUT2D eigenvalue weighted by molar-refractivity contribution is -0.136. The van der Waals surface area contributed by atoms with Gasteiger partial charge in [-0.2, -0.15) is 0 Å². The molecule has 0 atom stereocenters. The van der Waals surface area contributed by atoms with E-state index in [1.54, 1.807) is 6.07 Å². The van der Waals surface area contributed by atoms with Crippen LogP contribution in [0.1, 0.15) is 18.4 Å². The highest BCUT2D eigenvalue weighted by atomic mass is 32.2. The molecule has 5 nitrogen and oxygen atoms in total. The van der Waals surface area contributed by atoms with Crippen molar-refractivity contribution in [3.05, 3.63) is 29.2 Å². The van der Waals surface area contributed by atoms with E-state index in [1.807, 2.05) is 0 Å². The summed E-state index contributed by atoms with van der Waals surface area (Å²) in [5, 5.41) is 19.1. The fourth-order valence-electron chi connectivity index (χ4n) is 1.82. The van der Waals surface area contributed by atoms with Gasteiger partial charge in [-0.15, -0.1) is 0 Å². The van der Waals surface area contributed by atoms with Gasteiger partial charge < -0.3 is 10.2 Å². The molecule has 0 radical (unpaired) electrons. The van der Waals surface area contributed by atoms with Crippen LogP contribution in [0.25, 0.3) is 5.57 Å². The molecule has 6 heteroatoms. The first-order chi connectivity index (χ1) is 7.92. The van der Waals surface area contributed by atoms with Crippen molar-refractivity contribution in [3.63, 3.8) is 0 Å². The maximum absolute atomic E-state index is 11.7. The average molecular weight is 254 g/mol. The summed E-state index contributed by atoms with van der Waals surface area (Å²) in [4.78, 5) is 10.3. The number of carbonyl (C=O) groups is 1. The van der Waals surface area contributed by atoms with E-state index in [1.165, 1.54) is 12.1 Å². The smallest absolute Gasteiger partial charge is 0.303 e. The highest BCUT2D eigenvalue weighted by Gasteiger charge is 2.29. The van der Waals surface area contributed by atoms with Crippen LogP contribution in [-0.4, -0.2) is 24.6 Å². The van der Waals surface area contributed by atoms with Crippen molar-refractivity contribution in [3.8, 4) is 5.75 Å². The van der Waals surface area contributed by atoms with Crippen molar-refractivity contribution in [1.82, 2.24) is 0 Å². The molecule has 0 unspecified atom stereocenters. The Bertz CT molecular complexity index is 613. The van der Waals surface area contributed by atoms with E-state index in [9.17, 15) is 18.3 Å². The number of carboxylic acid groups (broad SMARTS) is 1. The molecule has 2 N–H and O–H groups in total. The molecule has 0 bridgehead atoms. The van der Waals surface area contributed by atoms with Crippen molar-refractivity contribution in [2.45, 2.75) is 17.7 Å². The maximum atomic E-state index is 11.7. The van der Waals surface area contributed by atoms with Gasteiger partial charge in [0, 0.05) is 17.4 Å². The second-order valence-corrected chi connectivity index (χ2v) is 5.47. The first-order valence-corrected chi connectivity index (χ1v) is 6.46. The molecule has 0 aromatic heterocycles. The summed E-state index contributed by atoms with van der Waals surface area (Å²) in [5.41, 5.74) is 0.824. The van der Waals surface area contributed by atoms with Crippen LogP contribution >= 0.6 is 0 Å². The predicted molar refractivity (Wildman–Crippen MR) is 60.1 cm³/mol. The molecule has 0 saturated carbocycles. The number of hydrogen-bond donors (Lipinski definition) is 2. The summed E-state index contributed by atoms with van der Waals surface area (Å²) in [5.74, 6) is -1.29. The Hall–Kier alpha value is -1.82. The first-order valence-electron chi connectivity index (χ1n) is 4.91. The van der Waals surface area contributed by atoms with Crippen molar-refractivity contribution in [1.29, 1.82) is 0 Å². The zero-order valence-corrected chi connectivity index (χ0v) is 9.57. The van der Waals surface area contributed by atoms with E-state index >= 15 is 0 Å². The molecule has 90 valence electrons. The van der Waals surface area contributed by atoms with Gasteiger partial charge >= 0.3 is 5.97 Å². The number of phenolic OH excluding ortho intramolecular Hbond substituents is 1. The van der Waals surface area contributed by atoms with Crippen LogP contribution in [0.5, 0.6) is 5.75 Å². The quantitative estimate of drug-likeness (QED) is 0.850. The largest absolute Gasteiger partial charge is 0.507 e. The number of phenols is 1. The van der Waals surface area contributed by atoms with Gasteiger partial charge in [-0.05, 0) is 18.1 Å². The Kier molecular flexibility index (Phi) is 2.66. The van der Waals surface area contributed by atoms with E-state index < -0.39 is 15.8 Å². The maximum Gasteiger partial charge on any atom is 0.303 e. The molecule has 0 fully saturated rings. The number of allylic oxidation sites excluding steroid dienone is 1. The monoisotopic (exact) mass is 254 g/mol. The highest BCUT2D eigenvalue weighted by Crippen LogP contribution is 2.40. The lowest BCUT2D eigenvalue weighted by Gasteiger charge is -2.04. The van der Waals surface area contributed by atoms with Gasteiger partial charge in [-0.1, -0.05) is 12.1 Å². The molecular formula is C11H10O5S. The molecule has 17 heavy (non-hydrogen) atoms. The Morgan fingerprint density at radius 1 is 1.29 bits per heavy atom. The highest BCUT2D eigenvalue weighted by molar-refractivity contribution is 7.95. The molecule has 0 saturated heterocycles. The van der Waals surface area contributed by atoms with Gasteiger partial charge in [0.05, 0.1) is 0 Å². The lowest BCUT2D eigenvalue weighted by atomic mass is 10.0. The fourth-order valence-corrected chi connectivity index (χ4v) is 3.42. The lowest BCUT2D eigenvalue weighted by Crippen LogP contribution is -1.95. The number of sulfone groups is 1. The molecule has 2 rings (SSSR count). The van der Waals surface area contributed by atoms with Crippen LogP contribution in [-0.2, 0) is 14.6 Å². The molecule has 1 aliphatic rings. The van der Waals surface area contributed by atoms with Gasteiger partial charge in [0.1, 0.15) is 10.6 Å². The number of benzene rings is 1. The topological polar surface area (TPSA) is 91.7 Å². The molecule has 1 heterocycles. The summed E-state index contributed by atoms with van der Waals surface area (Å²) in [7, 11) is -3.64. The Morgan fingerprint density at radius 2 is 2.00 bits per heavy atom. The zero-order valence-electron chi connectivity index (χ0n) is 8.75. The third-order valence-corrected chi connectivity index (χ3v) is 4.12. The normalized spacial score (nSPS) is 16.4. The van der Waals surface area contributed by atoms with Gasteiger partial charge in [0.25, 0.3) is 0 Å². The first kappa shape index (κ1) is 11.7. The average Bonchev–Trinajstić information content (AvgIpc) is 2.49. The third kappa shape index (κ3) is 2.03. The molecular weight excluding hydrogens is 244 g/mol. The molecule has 1 aromatic rings. The summed E-state index contributed by atoms with van der Waals surface area (Å²) in [6.07, 6.45) is -0.0124. The van der Waals surface area contributed by atoms with Gasteiger partial charge in [0.15, 0.2) is 0 Å². The standard InChI is InChI=1S/C11H10O5S/c12-9-3-1-2-8-7(4-5-10(13)14)6-17(15,16)11(8)9/h1-3,6,12H,4-5H2,(H,13,14). The summed E-state index contributed by atoms with van der Waals surface area (Å²) in [6, 6.07) is 4.39. The minimum Gasteiger partial charge on any atom is -0.507 e. The summed E-state index contributed by atoms with van der Waals surface area (Å²) in [6.45, 7) is 0. The van der Waals surface area contributed by atoms with Crippen molar-refractivity contribution >= 4 is 21.4 Å². The molecule has 0 spiro atoms. The van der Waals surface area contributed by atoms with Gasteiger partial charge in [0.2, 0.25) is 9.84 Å². The van der Waals surface area contributed by atoms with Crippen molar-refractivity contribution < 1.29 is 23.4 Å². The Morgan fingerprint density at radius 3 is 2.65 bits per heavy atom. The molecule has 1 aromatic carbocycles.